The van der Waals surface area contributed by atoms with Crippen molar-refractivity contribution in [2.24, 2.45) is 0 Å². The van der Waals surface area contributed by atoms with Gasteiger partial charge in [-0.2, -0.15) is 0 Å². The molecule has 0 saturated carbocycles. The Kier molecular flexibility index (Phi) is 3.13. The molecule has 0 amide bonds. The summed E-state index contributed by atoms with van der Waals surface area (Å²) >= 11 is 0. The van der Waals surface area contributed by atoms with Crippen LogP contribution < -0.4 is 0 Å². The van der Waals surface area contributed by atoms with E-state index in [1.165, 1.54) is 60.7 Å². The van der Waals surface area contributed by atoms with Gasteiger partial charge in [-0.05, 0) is 79.5 Å². The molecule has 0 fully saturated rings. The van der Waals surface area contributed by atoms with Gasteiger partial charge in [0.2, 0.25) is 0 Å². The zero-order chi connectivity index (χ0) is 21.6. The number of fused-ring (bicyclic) bond motifs is 13. The molecule has 6 aromatic rings. The van der Waals surface area contributed by atoms with Crippen molar-refractivity contribution in [3.63, 3.8) is 0 Å². The maximum Gasteiger partial charge on any atom is 0.0725 e. The molecule has 1 nitrogen and oxygen atoms in total. The molecular formula is C32H19N. The van der Waals surface area contributed by atoms with Gasteiger partial charge in [0.1, 0.15) is 0 Å². The van der Waals surface area contributed by atoms with Crippen molar-refractivity contribution in [2.75, 3.05) is 0 Å². The summed E-state index contributed by atoms with van der Waals surface area (Å²) in [6.45, 7) is 0. The molecule has 0 N–H and O–H groups in total. The number of hydrogen-bond acceptors (Lipinski definition) is 1. The maximum atomic E-state index is 4.60. The van der Waals surface area contributed by atoms with Crippen molar-refractivity contribution in [3.05, 3.63) is 138 Å². The first-order chi connectivity index (χ1) is 16.4. The summed E-state index contributed by atoms with van der Waals surface area (Å²) in [5, 5.41) is 3.75. The van der Waals surface area contributed by atoms with Gasteiger partial charge in [-0.1, -0.05) is 84.9 Å². The van der Waals surface area contributed by atoms with Crippen molar-refractivity contribution in [1.82, 2.24) is 4.98 Å². The number of rotatable bonds is 0. The summed E-state index contributed by atoms with van der Waals surface area (Å²) in [5.74, 6) is 0. The predicted molar refractivity (Wildman–Crippen MR) is 136 cm³/mol. The van der Waals surface area contributed by atoms with Crippen molar-refractivity contribution in [2.45, 2.75) is 5.41 Å². The molecule has 0 saturated heterocycles. The van der Waals surface area contributed by atoms with Crippen molar-refractivity contribution >= 4 is 21.7 Å². The number of benzene rings is 5. The Morgan fingerprint density at radius 3 is 1.73 bits per heavy atom. The molecule has 8 rings (SSSR count). The van der Waals surface area contributed by atoms with E-state index < -0.39 is 0 Å². The Bertz CT molecular complexity index is 1730. The number of aromatic nitrogens is 1. The van der Waals surface area contributed by atoms with E-state index in [0.29, 0.717) is 0 Å². The van der Waals surface area contributed by atoms with Crippen LogP contribution in [0.1, 0.15) is 22.3 Å². The minimum Gasteiger partial charge on any atom is -0.256 e. The SMILES string of the molecule is c1ccc2c(c1)-c1ccccc1C21c2ccccc2-c2cc3c(ccc4ncccc43)cc21. The van der Waals surface area contributed by atoms with Gasteiger partial charge >= 0.3 is 0 Å². The molecule has 1 spiro atoms. The van der Waals surface area contributed by atoms with E-state index in [9.17, 15) is 0 Å². The van der Waals surface area contributed by atoms with Crippen LogP contribution in [0, 0.1) is 0 Å². The topological polar surface area (TPSA) is 12.9 Å². The van der Waals surface area contributed by atoms with Crippen molar-refractivity contribution in [3.8, 4) is 22.3 Å². The number of pyridine rings is 1. The summed E-state index contributed by atoms with van der Waals surface area (Å²) in [6.07, 6.45) is 1.87. The molecule has 1 heteroatoms. The molecule has 0 radical (unpaired) electrons. The van der Waals surface area contributed by atoms with E-state index >= 15 is 0 Å². The fourth-order valence-corrected chi connectivity index (χ4v) is 6.47. The fourth-order valence-electron chi connectivity index (χ4n) is 6.47. The third-order valence-corrected chi connectivity index (χ3v) is 7.72. The molecule has 0 unspecified atom stereocenters. The molecule has 2 aliphatic rings. The van der Waals surface area contributed by atoms with Crippen LogP contribution in [0.2, 0.25) is 0 Å². The molecule has 33 heavy (non-hydrogen) atoms. The molecule has 2 aliphatic carbocycles. The second-order valence-electron chi connectivity index (χ2n) is 9.14. The first-order valence-corrected chi connectivity index (χ1v) is 11.5. The van der Waals surface area contributed by atoms with Crippen molar-refractivity contribution < 1.29 is 0 Å². The van der Waals surface area contributed by atoms with Gasteiger partial charge in [0.15, 0.2) is 0 Å². The van der Waals surface area contributed by atoms with Crippen LogP contribution in [0.25, 0.3) is 43.9 Å². The van der Waals surface area contributed by atoms with Crippen LogP contribution in [-0.2, 0) is 5.41 Å². The zero-order valence-electron chi connectivity index (χ0n) is 17.9. The first-order valence-electron chi connectivity index (χ1n) is 11.5. The largest absolute Gasteiger partial charge is 0.256 e. The lowest BCUT2D eigenvalue weighted by Gasteiger charge is -2.30. The van der Waals surface area contributed by atoms with Gasteiger partial charge in [0, 0.05) is 11.6 Å². The molecule has 0 bridgehead atoms. The fraction of sp³-hybridized carbons (Fsp3) is 0.0312. The number of nitrogens with zero attached hydrogens (tertiary/aromatic N) is 1. The van der Waals surface area contributed by atoms with Crippen molar-refractivity contribution in [1.29, 1.82) is 0 Å². The summed E-state index contributed by atoms with van der Waals surface area (Å²) < 4.78 is 0. The lowest BCUT2D eigenvalue weighted by atomic mass is 9.70. The molecular weight excluding hydrogens is 398 g/mol. The standard InChI is InChI=1S/C32H19N/c1-4-12-27-21(8-1)22-9-2-5-13-28(22)32(27)29-14-6-3-10-23(29)26-19-25-20(18-30(26)32)15-16-31-24(25)11-7-17-33-31/h1-19H. The van der Waals surface area contributed by atoms with Crippen LogP contribution in [0.4, 0.5) is 0 Å². The maximum absolute atomic E-state index is 4.60. The van der Waals surface area contributed by atoms with Gasteiger partial charge in [-0.3, -0.25) is 4.98 Å². The highest BCUT2D eigenvalue weighted by molar-refractivity contribution is 6.10. The van der Waals surface area contributed by atoms with Crippen LogP contribution in [0.5, 0.6) is 0 Å². The first kappa shape index (κ1) is 17.3. The Labute approximate surface area is 192 Å². The molecule has 152 valence electrons. The Hall–Kier alpha value is -4.23. The third kappa shape index (κ3) is 1.97. The van der Waals surface area contributed by atoms with E-state index in [2.05, 4.69) is 108 Å². The quantitative estimate of drug-likeness (QED) is 0.230. The molecule has 5 aromatic carbocycles. The van der Waals surface area contributed by atoms with Gasteiger partial charge in [-0.15, -0.1) is 0 Å². The van der Waals surface area contributed by atoms with Gasteiger partial charge in [0.05, 0.1) is 10.9 Å². The van der Waals surface area contributed by atoms with Gasteiger partial charge in [-0.25, -0.2) is 0 Å². The van der Waals surface area contributed by atoms with E-state index in [4.69, 9.17) is 0 Å². The van der Waals surface area contributed by atoms with E-state index in [-0.39, 0.29) is 5.41 Å². The smallest absolute Gasteiger partial charge is 0.0725 e. The van der Waals surface area contributed by atoms with E-state index in [0.717, 1.165) is 5.52 Å². The predicted octanol–water partition coefficient (Wildman–Crippen LogP) is 7.73. The highest BCUT2D eigenvalue weighted by atomic mass is 14.6. The Balaban J connectivity index is 1.60. The zero-order valence-corrected chi connectivity index (χ0v) is 17.9. The van der Waals surface area contributed by atoms with E-state index in [1.807, 2.05) is 12.3 Å². The lowest BCUT2D eigenvalue weighted by Crippen LogP contribution is -2.25. The monoisotopic (exact) mass is 417 g/mol. The van der Waals surface area contributed by atoms with Crippen LogP contribution >= 0.6 is 0 Å². The van der Waals surface area contributed by atoms with Crippen LogP contribution in [-0.4, -0.2) is 4.98 Å². The highest BCUT2D eigenvalue weighted by Crippen LogP contribution is 2.63. The second-order valence-corrected chi connectivity index (χ2v) is 9.14. The number of hydrogen-bond donors (Lipinski definition) is 0. The van der Waals surface area contributed by atoms with Gasteiger partial charge in [0.25, 0.3) is 0 Å². The molecule has 0 atom stereocenters. The van der Waals surface area contributed by atoms with Crippen LogP contribution in [0.15, 0.2) is 115 Å². The summed E-state index contributed by atoms with van der Waals surface area (Å²) in [5.41, 5.74) is 11.7. The average Bonchev–Trinajstić information content (AvgIpc) is 3.35. The normalized spacial score (nSPS) is 14.3. The summed E-state index contributed by atoms with van der Waals surface area (Å²) in [6, 6.07) is 40.4. The third-order valence-electron chi connectivity index (χ3n) is 7.72. The lowest BCUT2D eigenvalue weighted by molar-refractivity contribution is 0.795. The Morgan fingerprint density at radius 2 is 1.06 bits per heavy atom. The van der Waals surface area contributed by atoms with Gasteiger partial charge < -0.3 is 0 Å². The molecule has 1 aromatic heterocycles. The minimum atomic E-state index is -0.281. The second kappa shape index (κ2) is 5.96. The van der Waals surface area contributed by atoms with Crippen LogP contribution in [0.3, 0.4) is 0 Å². The average molecular weight is 418 g/mol. The molecule has 0 aliphatic heterocycles. The van der Waals surface area contributed by atoms with E-state index in [1.54, 1.807) is 0 Å². The highest BCUT2D eigenvalue weighted by Gasteiger charge is 2.51. The summed E-state index contributed by atoms with van der Waals surface area (Å²) in [4.78, 5) is 4.60. The summed E-state index contributed by atoms with van der Waals surface area (Å²) in [7, 11) is 0. The Morgan fingerprint density at radius 1 is 0.455 bits per heavy atom. The minimum absolute atomic E-state index is 0.281. The molecule has 1 heterocycles.